The van der Waals surface area contributed by atoms with E-state index in [4.69, 9.17) is 0 Å². The fourth-order valence-corrected chi connectivity index (χ4v) is 5.58. The van der Waals surface area contributed by atoms with E-state index in [1.807, 2.05) is 36.5 Å². The van der Waals surface area contributed by atoms with Gasteiger partial charge in [0.2, 0.25) is 0 Å². The molecule has 0 atom stereocenters. The number of halogens is 1. The third-order valence-corrected chi connectivity index (χ3v) is 7.44. The number of fused-ring (bicyclic) bond motifs is 2. The summed E-state index contributed by atoms with van der Waals surface area (Å²) in [6, 6.07) is 21.1. The number of rotatable bonds is 4. The van der Waals surface area contributed by atoms with Crippen LogP contribution in [0.25, 0.3) is 10.1 Å². The standard InChI is InChI=1S/C27H24FN5OS/c28-23-10-9-19(17-33-18-29-16-20-5-1-3-7-24(20)33)15-22(23)27(34)32-13-11-31(12-14-32)26-21-6-2-4-8-25(21)35-30-26/h1-10,15-16H,11-14,17-18H2. The van der Waals surface area contributed by atoms with Gasteiger partial charge in [0.25, 0.3) is 5.91 Å². The Kier molecular flexibility index (Phi) is 5.66. The number of hydrogen-bond donors (Lipinski definition) is 0. The zero-order valence-electron chi connectivity index (χ0n) is 19.1. The van der Waals surface area contributed by atoms with Gasteiger partial charge in [0.15, 0.2) is 0 Å². The molecule has 3 heterocycles. The zero-order chi connectivity index (χ0) is 23.8. The van der Waals surface area contributed by atoms with E-state index in [1.165, 1.54) is 17.6 Å². The van der Waals surface area contributed by atoms with E-state index in [0.29, 0.717) is 39.4 Å². The molecule has 0 N–H and O–H groups in total. The number of amides is 1. The Balaban J connectivity index is 1.16. The summed E-state index contributed by atoms with van der Waals surface area (Å²) in [5.41, 5.74) is 3.16. The first kappa shape index (κ1) is 21.7. The second-order valence-electron chi connectivity index (χ2n) is 8.81. The van der Waals surface area contributed by atoms with Crippen molar-refractivity contribution >= 4 is 45.2 Å². The molecule has 0 spiro atoms. The Hall–Kier alpha value is -3.78. The predicted octanol–water partition coefficient (Wildman–Crippen LogP) is 4.79. The average molecular weight is 486 g/mol. The summed E-state index contributed by atoms with van der Waals surface area (Å²) in [7, 11) is 0. The molecule has 1 amide bonds. The molecule has 0 aliphatic carbocycles. The van der Waals surface area contributed by atoms with Crippen LogP contribution in [0.1, 0.15) is 21.5 Å². The molecule has 0 bridgehead atoms. The van der Waals surface area contributed by atoms with Gasteiger partial charge >= 0.3 is 0 Å². The summed E-state index contributed by atoms with van der Waals surface area (Å²) < 4.78 is 20.6. The number of carbonyl (C=O) groups is 1. The first-order valence-corrected chi connectivity index (χ1v) is 12.5. The molecule has 176 valence electrons. The Bertz CT molecular complexity index is 1430. The van der Waals surface area contributed by atoms with Crippen molar-refractivity contribution in [3.05, 3.63) is 89.2 Å². The van der Waals surface area contributed by atoms with Crippen molar-refractivity contribution in [2.75, 3.05) is 42.6 Å². The summed E-state index contributed by atoms with van der Waals surface area (Å²) in [6.07, 6.45) is 1.87. The molecule has 0 saturated carbocycles. The number of carbonyl (C=O) groups excluding carboxylic acids is 1. The first-order chi connectivity index (χ1) is 17.2. The number of aliphatic imine (C=N–C) groups is 1. The molecular formula is C27H24FN5OS. The maximum absolute atomic E-state index is 14.8. The van der Waals surface area contributed by atoms with Crippen LogP contribution in [0.15, 0.2) is 71.7 Å². The van der Waals surface area contributed by atoms with Gasteiger partial charge in [0.05, 0.1) is 10.3 Å². The molecular weight excluding hydrogens is 461 g/mol. The summed E-state index contributed by atoms with van der Waals surface area (Å²) in [5.74, 6) is 0.225. The molecule has 2 aliphatic rings. The maximum Gasteiger partial charge on any atom is 0.256 e. The minimum atomic E-state index is -0.483. The fourth-order valence-electron chi connectivity index (χ4n) is 4.78. The molecule has 2 aliphatic heterocycles. The van der Waals surface area contributed by atoms with Gasteiger partial charge in [-0.2, -0.15) is 4.37 Å². The average Bonchev–Trinajstić information content (AvgIpc) is 3.34. The van der Waals surface area contributed by atoms with Gasteiger partial charge in [-0.15, -0.1) is 0 Å². The molecule has 35 heavy (non-hydrogen) atoms. The quantitative estimate of drug-likeness (QED) is 0.417. The Labute approximate surface area is 207 Å². The Morgan fingerprint density at radius 2 is 1.77 bits per heavy atom. The van der Waals surface area contributed by atoms with Crippen molar-refractivity contribution in [3.8, 4) is 0 Å². The lowest BCUT2D eigenvalue weighted by molar-refractivity contribution is 0.0742. The summed E-state index contributed by atoms with van der Waals surface area (Å²) >= 11 is 1.49. The maximum atomic E-state index is 14.8. The second kappa shape index (κ2) is 9.11. The van der Waals surface area contributed by atoms with E-state index >= 15 is 0 Å². The molecule has 1 aromatic heterocycles. The fraction of sp³-hybridized carbons (Fsp3) is 0.222. The van der Waals surface area contributed by atoms with Gasteiger partial charge in [-0.05, 0) is 47.4 Å². The van der Waals surface area contributed by atoms with Crippen LogP contribution in [0, 0.1) is 5.82 Å². The van der Waals surface area contributed by atoms with Gasteiger partial charge in [-0.3, -0.25) is 9.79 Å². The van der Waals surface area contributed by atoms with Crippen molar-refractivity contribution in [2.45, 2.75) is 6.54 Å². The summed E-state index contributed by atoms with van der Waals surface area (Å²) in [5, 5.41) is 1.14. The van der Waals surface area contributed by atoms with Crippen molar-refractivity contribution in [2.24, 2.45) is 4.99 Å². The Morgan fingerprint density at radius 1 is 0.971 bits per heavy atom. The van der Waals surface area contributed by atoms with Gasteiger partial charge in [-0.25, -0.2) is 4.39 Å². The first-order valence-electron chi connectivity index (χ1n) is 11.7. The van der Waals surface area contributed by atoms with E-state index in [9.17, 15) is 9.18 Å². The summed E-state index contributed by atoms with van der Waals surface area (Å²) in [4.78, 5) is 23.8. The number of nitrogens with zero attached hydrogens (tertiary/aromatic N) is 5. The van der Waals surface area contributed by atoms with E-state index in [-0.39, 0.29) is 11.5 Å². The van der Waals surface area contributed by atoms with Crippen LogP contribution >= 0.6 is 11.5 Å². The highest BCUT2D eigenvalue weighted by molar-refractivity contribution is 7.13. The highest BCUT2D eigenvalue weighted by atomic mass is 32.1. The molecule has 1 fully saturated rings. The predicted molar refractivity (Wildman–Crippen MR) is 139 cm³/mol. The smallest absolute Gasteiger partial charge is 0.256 e. The second-order valence-corrected chi connectivity index (χ2v) is 9.61. The van der Waals surface area contributed by atoms with Crippen molar-refractivity contribution < 1.29 is 9.18 Å². The molecule has 1 saturated heterocycles. The molecule has 6 rings (SSSR count). The summed E-state index contributed by atoms with van der Waals surface area (Å²) in [6.45, 7) is 3.49. The SMILES string of the molecule is O=C(c1cc(CN2CN=Cc3ccccc32)ccc1F)N1CCN(c2nsc3ccccc23)CC1. The Morgan fingerprint density at radius 3 is 2.66 bits per heavy atom. The number of anilines is 2. The molecule has 0 radical (unpaired) electrons. The number of para-hydroxylation sites is 1. The highest BCUT2D eigenvalue weighted by Crippen LogP contribution is 2.30. The van der Waals surface area contributed by atoms with Crippen molar-refractivity contribution in [1.82, 2.24) is 9.27 Å². The highest BCUT2D eigenvalue weighted by Gasteiger charge is 2.26. The van der Waals surface area contributed by atoms with Gasteiger partial charge in [0.1, 0.15) is 18.3 Å². The number of hydrogen-bond acceptors (Lipinski definition) is 6. The lowest BCUT2D eigenvalue weighted by atomic mass is 10.1. The number of piperazine rings is 1. The zero-order valence-corrected chi connectivity index (χ0v) is 19.9. The lowest BCUT2D eigenvalue weighted by Gasteiger charge is -2.35. The minimum Gasteiger partial charge on any atom is -0.352 e. The lowest BCUT2D eigenvalue weighted by Crippen LogP contribution is -2.49. The third-order valence-electron chi connectivity index (χ3n) is 6.62. The van der Waals surface area contributed by atoms with Crippen molar-refractivity contribution in [1.29, 1.82) is 0 Å². The molecule has 6 nitrogen and oxygen atoms in total. The minimum absolute atomic E-state index is 0.129. The molecule has 8 heteroatoms. The van der Waals surface area contributed by atoms with Gasteiger partial charge < -0.3 is 14.7 Å². The molecule has 3 aromatic carbocycles. The van der Waals surface area contributed by atoms with Gasteiger partial charge in [0, 0.05) is 55.6 Å². The molecule has 4 aromatic rings. The molecule has 0 unspecified atom stereocenters. The third kappa shape index (κ3) is 4.14. The number of aromatic nitrogens is 1. The van der Waals surface area contributed by atoms with E-state index < -0.39 is 5.82 Å². The van der Waals surface area contributed by atoms with Crippen LogP contribution in [-0.4, -0.2) is 54.2 Å². The monoisotopic (exact) mass is 485 g/mol. The van der Waals surface area contributed by atoms with E-state index in [1.54, 1.807) is 17.0 Å². The van der Waals surface area contributed by atoms with Crippen LogP contribution in [0.5, 0.6) is 0 Å². The van der Waals surface area contributed by atoms with Crippen LogP contribution in [-0.2, 0) is 6.54 Å². The normalized spacial score (nSPS) is 15.5. The van der Waals surface area contributed by atoms with Crippen molar-refractivity contribution in [3.63, 3.8) is 0 Å². The number of benzene rings is 3. The van der Waals surface area contributed by atoms with Crippen LogP contribution in [0.2, 0.25) is 0 Å². The van der Waals surface area contributed by atoms with Crippen LogP contribution in [0.3, 0.4) is 0 Å². The van der Waals surface area contributed by atoms with Crippen LogP contribution in [0.4, 0.5) is 15.9 Å². The van der Waals surface area contributed by atoms with Gasteiger partial charge in [-0.1, -0.05) is 36.4 Å². The largest absolute Gasteiger partial charge is 0.352 e. The van der Waals surface area contributed by atoms with E-state index in [0.717, 1.165) is 32.7 Å². The topological polar surface area (TPSA) is 52.0 Å². The van der Waals surface area contributed by atoms with Crippen LogP contribution < -0.4 is 9.80 Å². The van der Waals surface area contributed by atoms with E-state index in [2.05, 4.69) is 37.4 Å².